The van der Waals surface area contributed by atoms with Crippen LogP contribution in [0.2, 0.25) is 5.02 Å². The number of thiazole rings is 1. The van der Waals surface area contributed by atoms with Crippen LogP contribution in [0.5, 0.6) is 0 Å². The third kappa shape index (κ3) is 5.42. The van der Waals surface area contributed by atoms with Crippen molar-refractivity contribution in [3.63, 3.8) is 0 Å². The number of amides is 1. The number of carbonyl (C=O) groups is 1. The summed E-state index contributed by atoms with van der Waals surface area (Å²) in [6.07, 6.45) is 2.49. The number of carbonyl (C=O) groups excluding carboxylic acids is 1. The van der Waals surface area contributed by atoms with Crippen LogP contribution in [0.4, 0.5) is 5.13 Å². The molecule has 0 bridgehead atoms. The number of aromatic nitrogens is 1. The van der Waals surface area contributed by atoms with Gasteiger partial charge in [0.05, 0.1) is 13.2 Å². The number of rotatable bonds is 6. The first-order chi connectivity index (χ1) is 14.2. The van der Waals surface area contributed by atoms with Gasteiger partial charge in [-0.2, -0.15) is 0 Å². The fourth-order valence-electron chi connectivity index (χ4n) is 3.27. The maximum absolute atomic E-state index is 12.7. The topological polar surface area (TPSA) is 54.5 Å². The Bertz CT molecular complexity index is 985. The minimum absolute atomic E-state index is 0.146. The Balaban J connectivity index is 1.38. The molecule has 0 atom stereocenters. The second kappa shape index (κ2) is 9.50. The van der Waals surface area contributed by atoms with Crippen LogP contribution in [0.1, 0.15) is 26.4 Å². The minimum Gasteiger partial charge on any atom is -0.379 e. The summed E-state index contributed by atoms with van der Waals surface area (Å²) in [5, 5.41) is 4.24. The number of halogens is 1. The smallest absolute Gasteiger partial charge is 0.257 e. The highest BCUT2D eigenvalue weighted by Crippen LogP contribution is 2.25. The average molecular weight is 428 g/mol. The highest BCUT2D eigenvalue weighted by atomic mass is 35.5. The summed E-state index contributed by atoms with van der Waals surface area (Å²) in [5.74, 6) is -0.146. The monoisotopic (exact) mass is 427 g/mol. The number of anilines is 1. The van der Waals surface area contributed by atoms with Crippen molar-refractivity contribution in [2.24, 2.45) is 0 Å². The zero-order chi connectivity index (χ0) is 20.1. The molecule has 4 rings (SSSR count). The standard InChI is InChI=1S/C22H22ClN3O2S/c23-20-7-2-1-5-17(20)13-19-14-24-22(29-19)25-21(27)18-6-3-4-16(12-18)15-26-8-10-28-11-9-26/h1-7,12,14H,8-11,13,15H2,(H,24,25,27). The highest BCUT2D eigenvalue weighted by Gasteiger charge is 2.13. The van der Waals surface area contributed by atoms with Crippen LogP contribution in [0.15, 0.2) is 54.7 Å². The van der Waals surface area contributed by atoms with Crippen LogP contribution in [-0.4, -0.2) is 42.1 Å². The van der Waals surface area contributed by atoms with E-state index in [0.29, 0.717) is 17.1 Å². The molecule has 3 aromatic rings. The fourth-order valence-corrected chi connectivity index (χ4v) is 4.31. The van der Waals surface area contributed by atoms with Gasteiger partial charge in [0.1, 0.15) is 0 Å². The minimum atomic E-state index is -0.146. The van der Waals surface area contributed by atoms with Crippen LogP contribution >= 0.6 is 22.9 Å². The van der Waals surface area contributed by atoms with Crippen molar-refractivity contribution < 1.29 is 9.53 Å². The predicted octanol–water partition coefficient (Wildman–Crippen LogP) is 4.47. The molecule has 2 aromatic carbocycles. The number of morpholine rings is 1. The van der Waals surface area contributed by atoms with Crippen LogP contribution in [-0.2, 0) is 17.7 Å². The molecule has 1 aliphatic rings. The van der Waals surface area contributed by atoms with E-state index < -0.39 is 0 Å². The van der Waals surface area contributed by atoms with Gasteiger partial charge in [-0.05, 0) is 29.3 Å². The lowest BCUT2D eigenvalue weighted by Crippen LogP contribution is -2.35. The van der Waals surface area contributed by atoms with Crippen molar-refractivity contribution in [3.05, 3.63) is 81.3 Å². The molecule has 2 heterocycles. The molecule has 0 spiro atoms. The van der Waals surface area contributed by atoms with Gasteiger partial charge in [-0.1, -0.05) is 41.9 Å². The van der Waals surface area contributed by atoms with Crippen molar-refractivity contribution in [2.45, 2.75) is 13.0 Å². The summed E-state index contributed by atoms with van der Waals surface area (Å²) in [6, 6.07) is 15.5. The second-order valence-corrected chi connectivity index (χ2v) is 8.47. The van der Waals surface area contributed by atoms with E-state index in [2.05, 4.69) is 21.3 Å². The third-order valence-corrected chi connectivity index (χ3v) is 6.08. The Morgan fingerprint density at radius 2 is 2.00 bits per heavy atom. The molecule has 1 N–H and O–H groups in total. The number of benzene rings is 2. The van der Waals surface area contributed by atoms with E-state index >= 15 is 0 Å². The van der Waals surface area contributed by atoms with E-state index in [4.69, 9.17) is 16.3 Å². The fraction of sp³-hybridized carbons (Fsp3) is 0.273. The van der Waals surface area contributed by atoms with E-state index in [1.54, 1.807) is 6.20 Å². The molecule has 7 heteroatoms. The average Bonchev–Trinajstić information content (AvgIpc) is 3.17. The molecule has 150 valence electrons. The summed E-state index contributed by atoms with van der Waals surface area (Å²) in [7, 11) is 0. The Labute approximate surface area is 179 Å². The lowest BCUT2D eigenvalue weighted by Gasteiger charge is -2.26. The van der Waals surface area contributed by atoms with E-state index in [-0.39, 0.29) is 5.91 Å². The van der Waals surface area contributed by atoms with E-state index in [9.17, 15) is 4.79 Å². The van der Waals surface area contributed by atoms with Crippen molar-refractivity contribution in [1.29, 1.82) is 0 Å². The van der Waals surface area contributed by atoms with Crippen molar-refractivity contribution in [3.8, 4) is 0 Å². The molecule has 0 saturated carbocycles. The quantitative estimate of drug-likeness (QED) is 0.630. The Hall–Kier alpha value is -2.25. The molecule has 1 amide bonds. The zero-order valence-electron chi connectivity index (χ0n) is 15.9. The number of ether oxygens (including phenoxy) is 1. The van der Waals surface area contributed by atoms with Crippen LogP contribution in [0.25, 0.3) is 0 Å². The van der Waals surface area contributed by atoms with Gasteiger partial charge in [-0.3, -0.25) is 15.0 Å². The first kappa shape index (κ1) is 20.0. The molecule has 1 saturated heterocycles. The number of nitrogens with one attached hydrogen (secondary N) is 1. The van der Waals surface area contributed by atoms with Crippen LogP contribution in [0, 0.1) is 0 Å². The van der Waals surface area contributed by atoms with Gasteiger partial charge in [0.15, 0.2) is 5.13 Å². The predicted molar refractivity (Wildman–Crippen MR) is 117 cm³/mol. The van der Waals surface area contributed by atoms with Gasteiger partial charge in [-0.15, -0.1) is 11.3 Å². The number of hydrogen-bond acceptors (Lipinski definition) is 5. The Kier molecular flexibility index (Phi) is 6.56. The van der Waals surface area contributed by atoms with E-state index in [1.165, 1.54) is 11.3 Å². The van der Waals surface area contributed by atoms with Gasteiger partial charge < -0.3 is 4.74 Å². The number of hydrogen-bond donors (Lipinski definition) is 1. The Morgan fingerprint density at radius 1 is 1.17 bits per heavy atom. The molecular weight excluding hydrogens is 406 g/mol. The van der Waals surface area contributed by atoms with Crippen molar-refractivity contribution in [1.82, 2.24) is 9.88 Å². The largest absolute Gasteiger partial charge is 0.379 e. The molecule has 0 aliphatic carbocycles. The summed E-state index contributed by atoms with van der Waals surface area (Å²) in [6.45, 7) is 4.19. The Morgan fingerprint density at radius 3 is 2.83 bits per heavy atom. The van der Waals surface area contributed by atoms with Gasteiger partial charge in [0.2, 0.25) is 0 Å². The maximum Gasteiger partial charge on any atom is 0.257 e. The van der Waals surface area contributed by atoms with E-state index in [0.717, 1.165) is 53.9 Å². The summed E-state index contributed by atoms with van der Waals surface area (Å²) in [4.78, 5) is 20.4. The highest BCUT2D eigenvalue weighted by molar-refractivity contribution is 7.15. The molecule has 0 unspecified atom stereocenters. The summed E-state index contributed by atoms with van der Waals surface area (Å²) >= 11 is 7.70. The normalized spacial score (nSPS) is 14.7. The van der Waals surface area contributed by atoms with E-state index in [1.807, 2.05) is 42.5 Å². The molecule has 29 heavy (non-hydrogen) atoms. The van der Waals surface area contributed by atoms with Crippen molar-refractivity contribution >= 4 is 34.0 Å². The van der Waals surface area contributed by atoms with Crippen LogP contribution < -0.4 is 5.32 Å². The van der Waals surface area contributed by atoms with Gasteiger partial charge in [0.25, 0.3) is 5.91 Å². The first-order valence-electron chi connectivity index (χ1n) is 9.56. The first-order valence-corrected chi connectivity index (χ1v) is 10.8. The summed E-state index contributed by atoms with van der Waals surface area (Å²) in [5.41, 5.74) is 2.81. The zero-order valence-corrected chi connectivity index (χ0v) is 17.5. The van der Waals surface area contributed by atoms with Crippen molar-refractivity contribution in [2.75, 3.05) is 31.6 Å². The van der Waals surface area contributed by atoms with Gasteiger partial charge in [-0.25, -0.2) is 4.98 Å². The third-order valence-electron chi connectivity index (χ3n) is 4.80. The molecule has 1 fully saturated rings. The van der Waals surface area contributed by atoms with Crippen LogP contribution in [0.3, 0.4) is 0 Å². The lowest BCUT2D eigenvalue weighted by atomic mass is 10.1. The molecule has 5 nitrogen and oxygen atoms in total. The maximum atomic E-state index is 12.7. The molecular formula is C22H22ClN3O2S. The van der Waals surface area contributed by atoms with Gasteiger partial charge >= 0.3 is 0 Å². The number of nitrogens with zero attached hydrogens (tertiary/aromatic N) is 2. The second-order valence-electron chi connectivity index (χ2n) is 6.94. The SMILES string of the molecule is O=C(Nc1ncc(Cc2ccccc2Cl)s1)c1cccc(CN2CCOCC2)c1. The summed E-state index contributed by atoms with van der Waals surface area (Å²) < 4.78 is 5.39. The molecule has 1 aliphatic heterocycles. The molecule has 0 radical (unpaired) electrons. The van der Waals surface area contributed by atoms with Gasteiger partial charge in [0, 0.05) is 47.7 Å². The molecule has 1 aromatic heterocycles. The lowest BCUT2D eigenvalue weighted by molar-refractivity contribution is 0.0342.